The molecular formula is C34H32F3N5O6S. The van der Waals surface area contributed by atoms with Crippen LogP contribution in [0, 0.1) is 6.92 Å². The highest BCUT2D eigenvalue weighted by Gasteiger charge is 2.35. The van der Waals surface area contributed by atoms with Gasteiger partial charge in [0.25, 0.3) is 10.0 Å². The first kappa shape index (κ1) is 37.6. The quantitative estimate of drug-likeness (QED) is 0.100. The summed E-state index contributed by atoms with van der Waals surface area (Å²) >= 11 is 0. The molecular weight excluding hydrogens is 663 g/mol. The number of aromatic nitrogens is 2. The number of nitrogens with zero attached hydrogens (tertiary/aromatic N) is 4. The van der Waals surface area contributed by atoms with Crippen LogP contribution in [0.3, 0.4) is 0 Å². The molecule has 49 heavy (non-hydrogen) atoms. The molecule has 0 spiro atoms. The van der Waals surface area contributed by atoms with E-state index in [1.165, 1.54) is 30.4 Å². The van der Waals surface area contributed by atoms with Crippen LogP contribution in [0.2, 0.25) is 0 Å². The Morgan fingerprint density at radius 2 is 1.63 bits per heavy atom. The number of phenols is 1. The van der Waals surface area contributed by atoms with Gasteiger partial charge in [0.05, 0.1) is 27.7 Å². The smallest absolute Gasteiger partial charge is 0.435 e. The van der Waals surface area contributed by atoms with Gasteiger partial charge in [0, 0.05) is 12.0 Å². The molecule has 3 aromatic carbocycles. The Morgan fingerprint density at radius 3 is 2.20 bits per heavy atom. The molecule has 0 unspecified atom stereocenters. The number of azo groups is 1. The number of carboxylic acids is 1. The average molecular weight is 696 g/mol. The van der Waals surface area contributed by atoms with Crippen LogP contribution in [0.5, 0.6) is 5.75 Å². The minimum absolute atomic E-state index is 0. The van der Waals surface area contributed by atoms with Crippen molar-refractivity contribution in [3.05, 3.63) is 126 Å². The van der Waals surface area contributed by atoms with Gasteiger partial charge in [-0.2, -0.15) is 28.5 Å². The van der Waals surface area contributed by atoms with Crippen LogP contribution in [0.4, 0.5) is 18.9 Å². The number of rotatable bonds is 12. The first-order chi connectivity index (χ1) is 22.6. The van der Waals surface area contributed by atoms with Crippen LogP contribution in [-0.2, 0) is 21.0 Å². The molecule has 0 aliphatic carbocycles. The van der Waals surface area contributed by atoms with Crippen LogP contribution in [0.1, 0.15) is 41.9 Å². The molecule has 0 aliphatic rings. The maximum absolute atomic E-state index is 13.5. The third-order valence-corrected chi connectivity index (χ3v) is 8.25. The zero-order chi connectivity index (χ0) is 35.2. The van der Waals surface area contributed by atoms with E-state index in [0.29, 0.717) is 11.1 Å². The van der Waals surface area contributed by atoms with E-state index in [1.807, 2.05) is 11.6 Å². The lowest BCUT2D eigenvalue weighted by Gasteiger charge is -2.11. The summed E-state index contributed by atoms with van der Waals surface area (Å²) < 4.78 is 69.6. The minimum atomic E-state index is -4.72. The van der Waals surface area contributed by atoms with Gasteiger partial charge in [-0.1, -0.05) is 56.5 Å². The Labute approximate surface area is 280 Å². The molecule has 0 fully saturated rings. The molecule has 4 aromatic rings. The third-order valence-electron chi connectivity index (χ3n) is 6.86. The highest BCUT2D eigenvalue weighted by molar-refractivity contribution is 7.90. The van der Waals surface area contributed by atoms with Crippen molar-refractivity contribution in [3.8, 4) is 22.7 Å². The number of nitrogens with one attached hydrogen (secondary N) is 1. The van der Waals surface area contributed by atoms with E-state index < -0.39 is 39.5 Å². The van der Waals surface area contributed by atoms with E-state index in [4.69, 9.17) is 5.11 Å². The number of halogens is 3. The lowest BCUT2D eigenvalue weighted by atomic mass is 10.1. The minimum Gasteiger partial charge on any atom is -0.507 e. The number of allylic oxidation sites excluding steroid dienone is 3. The number of carboxylic acid groups (broad SMARTS) is 1. The predicted octanol–water partition coefficient (Wildman–Crippen LogP) is 7.90. The number of aryl methyl sites for hydroxylation is 1. The zero-order valence-electron chi connectivity index (χ0n) is 25.3. The third kappa shape index (κ3) is 9.16. The fourth-order valence-electron chi connectivity index (χ4n) is 4.36. The monoisotopic (exact) mass is 695 g/mol. The number of amides is 1. The van der Waals surface area contributed by atoms with Crippen molar-refractivity contribution in [2.75, 3.05) is 0 Å². The number of aromatic hydroxyl groups is 1. The molecule has 0 saturated heterocycles. The van der Waals surface area contributed by atoms with Crippen LogP contribution in [0.15, 0.2) is 125 Å². The Hall–Kier alpha value is -5.83. The van der Waals surface area contributed by atoms with Crippen LogP contribution >= 0.6 is 0 Å². The summed E-state index contributed by atoms with van der Waals surface area (Å²) in [6.45, 7) is 9.15. The molecule has 1 aromatic heterocycles. The fourth-order valence-corrected chi connectivity index (χ4v) is 5.37. The van der Waals surface area contributed by atoms with Gasteiger partial charge in [0.2, 0.25) is 5.91 Å². The van der Waals surface area contributed by atoms with Gasteiger partial charge in [-0.15, -0.1) is 0 Å². The highest BCUT2D eigenvalue weighted by Crippen LogP contribution is 2.33. The average Bonchev–Trinajstić information content (AvgIpc) is 3.50. The van der Waals surface area contributed by atoms with Crippen LogP contribution in [-0.4, -0.2) is 40.3 Å². The topological polar surface area (TPSA) is 163 Å². The van der Waals surface area contributed by atoms with Crippen molar-refractivity contribution in [2.45, 2.75) is 38.3 Å². The number of hydrogen-bond acceptors (Lipinski definition) is 8. The highest BCUT2D eigenvalue weighted by atomic mass is 32.2. The Kier molecular flexibility index (Phi) is 11.8. The van der Waals surface area contributed by atoms with Gasteiger partial charge in [-0.25, -0.2) is 22.6 Å². The lowest BCUT2D eigenvalue weighted by Crippen LogP contribution is -2.30. The number of carbonyl (C=O) groups is 2. The van der Waals surface area contributed by atoms with Gasteiger partial charge in [0.1, 0.15) is 11.3 Å². The molecule has 0 aliphatic heterocycles. The molecule has 1 amide bonds. The van der Waals surface area contributed by atoms with Crippen molar-refractivity contribution in [1.82, 2.24) is 14.5 Å². The number of benzene rings is 3. The van der Waals surface area contributed by atoms with Crippen molar-refractivity contribution >= 4 is 27.6 Å². The van der Waals surface area contributed by atoms with E-state index in [0.717, 1.165) is 40.6 Å². The molecule has 15 heteroatoms. The first-order valence-corrected chi connectivity index (χ1v) is 15.5. The van der Waals surface area contributed by atoms with E-state index in [1.54, 1.807) is 24.3 Å². The largest absolute Gasteiger partial charge is 0.507 e. The summed E-state index contributed by atoms with van der Waals surface area (Å²) in [7, 11) is -4.37. The summed E-state index contributed by atoms with van der Waals surface area (Å²) in [6, 6.07) is 16.1. The number of alkyl halides is 3. The van der Waals surface area contributed by atoms with Crippen molar-refractivity contribution in [3.63, 3.8) is 0 Å². The number of carbonyl (C=O) groups excluding carboxylic acids is 1. The van der Waals surface area contributed by atoms with Gasteiger partial charge in [-0.05, 0) is 73.5 Å². The molecule has 1 heterocycles. The number of aromatic carboxylic acids is 1. The second-order valence-electron chi connectivity index (χ2n) is 10.2. The lowest BCUT2D eigenvalue weighted by molar-refractivity contribution is -0.141. The first-order valence-electron chi connectivity index (χ1n) is 14.0. The van der Waals surface area contributed by atoms with Gasteiger partial charge in [0.15, 0.2) is 5.69 Å². The van der Waals surface area contributed by atoms with E-state index in [-0.39, 0.29) is 53.5 Å². The summed E-state index contributed by atoms with van der Waals surface area (Å²) in [5.41, 5.74) is 0.845. The van der Waals surface area contributed by atoms with Gasteiger partial charge < -0.3 is 10.2 Å². The SMILES string of the molecule is C.C=C/C(CCC(=O)NS(=O)(=O)c1ccc(-n2nc(C(F)(F)F)cc2-c2ccc(C)cc2)cc1)=C(\C=C)N=Nc1ccc(O)c(C(=O)O)c1. The second kappa shape index (κ2) is 15.4. The van der Waals surface area contributed by atoms with E-state index in [2.05, 4.69) is 28.5 Å². The molecule has 0 bridgehead atoms. The number of hydrogen-bond donors (Lipinski definition) is 3. The van der Waals surface area contributed by atoms with E-state index in [9.17, 15) is 36.3 Å². The van der Waals surface area contributed by atoms with Crippen LogP contribution in [0.25, 0.3) is 16.9 Å². The van der Waals surface area contributed by atoms with Crippen molar-refractivity contribution < 1.29 is 41.4 Å². The van der Waals surface area contributed by atoms with Gasteiger partial charge in [-0.3, -0.25) is 4.79 Å². The molecule has 0 radical (unpaired) electrons. The molecule has 0 saturated carbocycles. The molecule has 11 nitrogen and oxygen atoms in total. The Bertz CT molecular complexity index is 2050. The maximum atomic E-state index is 13.5. The second-order valence-corrected chi connectivity index (χ2v) is 11.9. The summed E-state index contributed by atoms with van der Waals surface area (Å²) in [5.74, 6) is -2.68. The molecule has 0 atom stereocenters. The fraction of sp³-hybridized carbons (Fsp3) is 0.147. The molecule has 3 N–H and O–H groups in total. The predicted molar refractivity (Wildman–Crippen MR) is 177 cm³/mol. The summed E-state index contributed by atoms with van der Waals surface area (Å²) in [5, 5.41) is 30.5. The van der Waals surface area contributed by atoms with Crippen LogP contribution < -0.4 is 4.72 Å². The van der Waals surface area contributed by atoms with Crippen molar-refractivity contribution in [2.24, 2.45) is 10.2 Å². The maximum Gasteiger partial charge on any atom is 0.435 e. The Balaban J connectivity index is 0.00000650. The standard InChI is InChI=1S/C33H28F3N5O6S.CH4/c1-4-21(27(5-2)38-37-23-11-16-29(42)26(18-23)32(44)45)10-17-31(43)40-48(46,47)25-14-12-24(13-15-25)41-28(19-30(39-41)33(34,35)36)22-8-6-20(3)7-9-22;/h4-9,11-16,18-19,42H,1-2,10,17H2,3H3,(H,40,43)(H,44,45);1H4/b27-21-,38-37?;. The summed E-state index contributed by atoms with van der Waals surface area (Å²) in [6.07, 6.45) is -2.37. The van der Waals surface area contributed by atoms with E-state index >= 15 is 0 Å². The zero-order valence-corrected chi connectivity index (χ0v) is 26.1. The Morgan fingerprint density at radius 1 is 0.980 bits per heavy atom. The molecule has 4 rings (SSSR count). The summed E-state index contributed by atoms with van der Waals surface area (Å²) in [4.78, 5) is 23.6. The van der Waals surface area contributed by atoms with Gasteiger partial charge >= 0.3 is 12.1 Å². The van der Waals surface area contributed by atoms with Crippen molar-refractivity contribution in [1.29, 1.82) is 0 Å². The number of sulfonamides is 1. The normalized spacial score (nSPS) is 12.2. The molecule has 256 valence electrons.